The number of nitrogens with one attached hydrogen (secondary N) is 2. The maximum atomic E-state index is 12.5. The summed E-state index contributed by atoms with van der Waals surface area (Å²) in [6, 6.07) is 5.48. The van der Waals surface area contributed by atoms with Crippen molar-refractivity contribution in [2.45, 2.75) is 43.7 Å². The summed E-state index contributed by atoms with van der Waals surface area (Å²) in [7, 11) is -3.36. The molecule has 1 aliphatic heterocycles. The van der Waals surface area contributed by atoms with Gasteiger partial charge in [-0.2, -0.15) is 0 Å². The van der Waals surface area contributed by atoms with E-state index in [4.69, 9.17) is 0 Å². The van der Waals surface area contributed by atoms with Crippen molar-refractivity contribution in [1.82, 2.24) is 10.0 Å². The van der Waals surface area contributed by atoms with Gasteiger partial charge in [0, 0.05) is 19.6 Å². The largest absolute Gasteiger partial charge is 0.309 e. The first-order chi connectivity index (χ1) is 10.1. The number of sulfonamides is 1. The van der Waals surface area contributed by atoms with E-state index < -0.39 is 10.0 Å². The number of hydrogen-bond acceptors (Lipinski definition) is 3. The summed E-state index contributed by atoms with van der Waals surface area (Å²) in [6.07, 6.45) is 5.17. The third-order valence-corrected chi connectivity index (χ3v) is 6.96. The van der Waals surface area contributed by atoms with Gasteiger partial charge in [0.2, 0.25) is 10.0 Å². The van der Waals surface area contributed by atoms with E-state index in [-0.39, 0.29) is 0 Å². The van der Waals surface area contributed by atoms with Crippen molar-refractivity contribution in [2.24, 2.45) is 17.8 Å². The fourth-order valence-corrected chi connectivity index (χ4v) is 5.51. The fourth-order valence-electron chi connectivity index (χ4n) is 4.36. The number of rotatable bonds is 4. The van der Waals surface area contributed by atoms with E-state index in [2.05, 4.69) is 10.0 Å². The highest BCUT2D eigenvalue weighted by Crippen LogP contribution is 2.48. The maximum Gasteiger partial charge on any atom is 0.240 e. The molecule has 4 rings (SSSR count). The molecule has 0 saturated heterocycles. The van der Waals surface area contributed by atoms with Crippen molar-refractivity contribution in [3.8, 4) is 0 Å². The Morgan fingerprint density at radius 2 is 2.00 bits per heavy atom. The lowest BCUT2D eigenvalue weighted by molar-refractivity contribution is 0.333. The Bertz CT molecular complexity index is 656. The smallest absolute Gasteiger partial charge is 0.240 e. The van der Waals surface area contributed by atoms with Crippen LogP contribution in [0.5, 0.6) is 0 Å². The average Bonchev–Trinajstić information content (AvgIpc) is 3.19. The summed E-state index contributed by atoms with van der Waals surface area (Å²) in [4.78, 5) is 0.410. The third kappa shape index (κ3) is 2.51. The zero-order chi connectivity index (χ0) is 14.4. The molecule has 0 amide bonds. The Labute approximate surface area is 126 Å². The molecule has 3 unspecified atom stereocenters. The predicted octanol–water partition coefficient (Wildman–Crippen LogP) is 2.00. The molecule has 3 aliphatic rings. The van der Waals surface area contributed by atoms with Gasteiger partial charge in [-0.25, -0.2) is 13.1 Å². The van der Waals surface area contributed by atoms with Crippen LogP contribution in [0.15, 0.2) is 23.1 Å². The van der Waals surface area contributed by atoms with Gasteiger partial charge in [-0.05, 0) is 60.3 Å². The SMILES string of the molecule is O=S(=O)(NCC1CC2CCC1C2)c1ccc2c(c1)CNC2. The quantitative estimate of drug-likeness (QED) is 0.894. The standard InChI is InChI=1S/C16H22N2O2S/c19-21(20,16-4-3-13-8-17-9-15(13)7-16)18-10-14-6-11-1-2-12(14)5-11/h3-4,7,11-12,14,17-18H,1-2,5-6,8-10H2. The Morgan fingerprint density at radius 3 is 2.76 bits per heavy atom. The molecule has 2 fully saturated rings. The molecule has 21 heavy (non-hydrogen) atoms. The van der Waals surface area contributed by atoms with Crippen molar-refractivity contribution in [3.63, 3.8) is 0 Å². The second kappa shape index (κ2) is 5.07. The highest BCUT2D eigenvalue weighted by atomic mass is 32.2. The molecular weight excluding hydrogens is 284 g/mol. The lowest BCUT2D eigenvalue weighted by Gasteiger charge is -2.21. The van der Waals surface area contributed by atoms with Crippen molar-refractivity contribution >= 4 is 10.0 Å². The molecule has 0 spiro atoms. The average molecular weight is 306 g/mol. The lowest BCUT2D eigenvalue weighted by atomic mass is 9.89. The third-order valence-electron chi connectivity index (χ3n) is 5.54. The highest BCUT2D eigenvalue weighted by molar-refractivity contribution is 7.89. The van der Waals surface area contributed by atoms with Gasteiger partial charge in [0.05, 0.1) is 4.90 Å². The molecule has 2 N–H and O–H groups in total. The zero-order valence-corrected chi connectivity index (χ0v) is 13.0. The molecule has 3 atom stereocenters. The number of fused-ring (bicyclic) bond motifs is 3. The summed E-state index contributed by atoms with van der Waals surface area (Å²) in [5, 5.41) is 3.25. The van der Waals surface area contributed by atoms with Crippen molar-refractivity contribution in [3.05, 3.63) is 29.3 Å². The Morgan fingerprint density at radius 1 is 1.14 bits per heavy atom. The fraction of sp³-hybridized carbons (Fsp3) is 0.625. The van der Waals surface area contributed by atoms with Crippen molar-refractivity contribution < 1.29 is 8.42 Å². The van der Waals surface area contributed by atoms with E-state index in [1.807, 2.05) is 12.1 Å². The normalized spacial score (nSPS) is 30.8. The zero-order valence-electron chi connectivity index (χ0n) is 12.1. The molecule has 1 heterocycles. The number of hydrogen-bond donors (Lipinski definition) is 2. The molecule has 2 aliphatic carbocycles. The Kier molecular flexibility index (Phi) is 3.32. The van der Waals surface area contributed by atoms with E-state index in [9.17, 15) is 8.42 Å². The molecule has 4 nitrogen and oxygen atoms in total. The first-order valence-corrected chi connectivity index (χ1v) is 9.42. The van der Waals surface area contributed by atoms with Gasteiger partial charge in [0.1, 0.15) is 0 Å². The summed E-state index contributed by atoms with van der Waals surface area (Å²) in [6.45, 7) is 2.22. The first kappa shape index (κ1) is 13.7. The molecule has 2 bridgehead atoms. The van der Waals surface area contributed by atoms with E-state index in [0.29, 0.717) is 17.4 Å². The van der Waals surface area contributed by atoms with Crippen LogP contribution < -0.4 is 10.0 Å². The topological polar surface area (TPSA) is 58.2 Å². The maximum absolute atomic E-state index is 12.5. The van der Waals surface area contributed by atoms with Gasteiger partial charge >= 0.3 is 0 Å². The first-order valence-electron chi connectivity index (χ1n) is 7.94. The minimum absolute atomic E-state index is 0.410. The van der Waals surface area contributed by atoms with Crippen LogP contribution >= 0.6 is 0 Å². The predicted molar refractivity (Wildman–Crippen MR) is 81.1 cm³/mol. The molecule has 1 aromatic carbocycles. The second-order valence-corrected chi connectivity index (χ2v) is 8.59. The molecule has 0 aromatic heterocycles. The van der Waals surface area contributed by atoms with Gasteiger partial charge in [-0.3, -0.25) is 0 Å². The molecule has 5 heteroatoms. The van der Waals surface area contributed by atoms with Crippen LogP contribution in [0.3, 0.4) is 0 Å². The Balaban J connectivity index is 1.46. The summed E-state index contributed by atoms with van der Waals surface area (Å²) in [5.41, 5.74) is 2.32. The van der Waals surface area contributed by atoms with Crippen molar-refractivity contribution in [2.75, 3.05) is 6.54 Å². The van der Waals surface area contributed by atoms with Crippen LogP contribution in [0.2, 0.25) is 0 Å². The van der Waals surface area contributed by atoms with Crippen molar-refractivity contribution in [1.29, 1.82) is 0 Å². The summed E-state index contributed by atoms with van der Waals surface area (Å²) in [5.74, 6) is 2.16. The van der Waals surface area contributed by atoms with Gasteiger partial charge in [0.25, 0.3) is 0 Å². The summed E-state index contributed by atoms with van der Waals surface area (Å²) < 4.78 is 27.8. The second-order valence-electron chi connectivity index (χ2n) is 6.82. The van der Waals surface area contributed by atoms with E-state index in [1.165, 1.54) is 31.2 Å². The summed E-state index contributed by atoms with van der Waals surface area (Å²) >= 11 is 0. The molecule has 114 valence electrons. The van der Waals surface area contributed by atoms with E-state index in [0.717, 1.165) is 30.5 Å². The van der Waals surface area contributed by atoms with Gasteiger partial charge in [-0.1, -0.05) is 12.5 Å². The van der Waals surface area contributed by atoms with Crippen LogP contribution in [-0.4, -0.2) is 15.0 Å². The van der Waals surface area contributed by atoms with Crippen LogP contribution in [0.25, 0.3) is 0 Å². The van der Waals surface area contributed by atoms with Crippen LogP contribution in [0.4, 0.5) is 0 Å². The minimum Gasteiger partial charge on any atom is -0.309 e. The molecular formula is C16H22N2O2S. The van der Waals surface area contributed by atoms with E-state index in [1.54, 1.807) is 6.07 Å². The minimum atomic E-state index is -3.36. The molecule has 0 radical (unpaired) electrons. The highest BCUT2D eigenvalue weighted by Gasteiger charge is 2.39. The van der Waals surface area contributed by atoms with Crippen LogP contribution in [0.1, 0.15) is 36.8 Å². The molecule has 2 saturated carbocycles. The monoisotopic (exact) mass is 306 g/mol. The van der Waals surface area contributed by atoms with Gasteiger partial charge in [0.15, 0.2) is 0 Å². The van der Waals surface area contributed by atoms with Crippen LogP contribution in [-0.2, 0) is 23.1 Å². The van der Waals surface area contributed by atoms with E-state index >= 15 is 0 Å². The number of benzene rings is 1. The van der Waals surface area contributed by atoms with Crippen LogP contribution in [0, 0.1) is 17.8 Å². The molecule has 1 aromatic rings. The van der Waals surface area contributed by atoms with Gasteiger partial charge < -0.3 is 5.32 Å². The lowest BCUT2D eigenvalue weighted by Crippen LogP contribution is -2.31. The van der Waals surface area contributed by atoms with Gasteiger partial charge in [-0.15, -0.1) is 0 Å². The Hall–Kier alpha value is -0.910.